The monoisotopic (exact) mass is 330 g/mol. The van der Waals surface area contributed by atoms with Crippen molar-refractivity contribution >= 4 is 6.03 Å². The van der Waals surface area contributed by atoms with Gasteiger partial charge in [-0.05, 0) is 37.5 Å². The number of nitrogens with one attached hydrogen (secondary N) is 1. The molecule has 1 aromatic heterocycles. The molecule has 0 radical (unpaired) electrons. The van der Waals surface area contributed by atoms with Gasteiger partial charge in [-0.15, -0.1) is 0 Å². The molecule has 0 saturated carbocycles. The van der Waals surface area contributed by atoms with Gasteiger partial charge in [0.05, 0.1) is 13.4 Å². The van der Waals surface area contributed by atoms with Gasteiger partial charge in [-0.3, -0.25) is 0 Å². The van der Waals surface area contributed by atoms with E-state index in [4.69, 9.17) is 4.74 Å². The third-order valence-corrected chi connectivity index (χ3v) is 3.90. The Balaban J connectivity index is 1.93. The molecule has 6 nitrogen and oxygen atoms in total. The fraction of sp³-hybridized carbons (Fsp3) is 0.444. The number of hydrogen-bond donors (Lipinski definition) is 1. The number of imidazole rings is 1. The molecule has 0 spiro atoms. The first-order valence-electron chi connectivity index (χ1n) is 8.02. The molecule has 1 atom stereocenters. The molecule has 2 aromatic rings. The first kappa shape index (κ1) is 17.8. The van der Waals surface area contributed by atoms with Crippen LogP contribution in [-0.4, -0.2) is 40.7 Å². The van der Waals surface area contributed by atoms with Crippen molar-refractivity contribution in [1.29, 1.82) is 0 Å². The van der Waals surface area contributed by atoms with Gasteiger partial charge in [0.2, 0.25) is 0 Å². The van der Waals surface area contributed by atoms with E-state index in [2.05, 4.69) is 22.4 Å². The van der Waals surface area contributed by atoms with Gasteiger partial charge in [-0.2, -0.15) is 0 Å². The van der Waals surface area contributed by atoms with E-state index in [9.17, 15) is 4.79 Å². The fourth-order valence-corrected chi connectivity index (χ4v) is 2.88. The Bertz CT molecular complexity index is 659. The molecule has 0 saturated heterocycles. The number of carbonyl (C=O) groups is 1. The van der Waals surface area contributed by atoms with E-state index >= 15 is 0 Å². The molecule has 0 aliphatic heterocycles. The van der Waals surface area contributed by atoms with E-state index in [1.54, 1.807) is 31.6 Å². The summed E-state index contributed by atoms with van der Waals surface area (Å²) in [6.07, 6.45) is 5.36. The average Bonchev–Trinajstić information content (AvgIpc) is 2.99. The van der Waals surface area contributed by atoms with Crippen LogP contribution in [0.2, 0.25) is 0 Å². The zero-order valence-corrected chi connectivity index (χ0v) is 15.0. The minimum atomic E-state index is -0.0891. The van der Waals surface area contributed by atoms with Crippen molar-refractivity contribution in [1.82, 2.24) is 19.8 Å². The van der Waals surface area contributed by atoms with Crippen molar-refractivity contribution in [3.05, 3.63) is 47.5 Å². The molecule has 0 bridgehead atoms. The second kappa shape index (κ2) is 7.86. The van der Waals surface area contributed by atoms with Gasteiger partial charge < -0.3 is 19.5 Å². The molecule has 130 valence electrons. The number of ether oxygens (including phenoxy) is 1. The highest BCUT2D eigenvalue weighted by molar-refractivity contribution is 5.74. The molecule has 0 aliphatic rings. The highest BCUT2D eigenvalue weighted by Gasteiger charge is 2.14. The maximum Gasteiger partial charge on any atom is 0.317 e. The minimum Gasteiger partial charge on any atom is -0.496 e. The number of urea groups is 1. The zero-order valence-electron chi connectivity index (χ0n) is 15.0. The van der Waals surface area contributed by atoms with Crippen molar-refractivity contribution in [3.8, 4) is 5.75 Å². The van der Waals surface area contributed by atoms with E-state index < -0.39 is 0 Å². The molecule has 6 heteroatoms. The molecule has 2 rings (SSSR count). The van der Waals surface area contributed by atoms with Crippen LogP contribution >= 0.6 is 0 Å². The van der Waals surface area contributed by atoms with Crippen LogP contribution < -0.4 is 10.1 Å². The zero-order chi connectivity index (χ0) is 17.7. The second-order valence-corrected chi connectivity index (χ2v) is 6.23. The van der Waals surface area contributed by atoms with E-state index in [0.29, 0.717) is 13.1 Å². The van der Waals surface area contributed by atoms with Gasteiger partial charge in [-0.1, -0.05) is 12.1 Å². The standard InChI is InChI=1S/C18H26N4O2/c1-13-8-16(9-14(2)17(13)24-5)11-21(4)18(23)20-15(3)10-22-7-6-19-12-22/h6-9,12,15H,10-11H2,1-5H3,(H,20,23). The van der Waals surface area contributed by atoms with Crippen molar-refractivity contribution in [2.45, 2.75) is 39.9 Å². The number of rotatable bonds is 6. The Morgan fingerprint density at radius 3 is 2.58 bits per heavy atom. The van der Waals surface area contributed by atoms with E-state index in [1.807, 2.05) is 31.5 Å². The lowest BCUT2D eigenvalue weighted by atomic mass is 10.1. The van der Waals surface area contributed by atoms with E-state index in [1.165, 1.54) is 0 Å². The summed E-state index contributed by atoms with van der Waals surface area (Å²) in [7, 11) is 3.48. The molecule has 1 unspecified atom stereocenters. The topological polar surface area (TPSA) is 59.4 Å². The van der Waals surface area contributed by atoms with Gasteiger partial charge in [0, 0.05) is 38.6 Å². The summed E-state index contributed by atoms with van der Waals surface area (Å²) in [5.74, 6) is 0.903. The molecule has 24 heavy (non-hydrogen) atoms. The quantitative estimate of drug-likeness (QED) is 0.886. The van der Waals surface area contributed by atoms with Crippen LogP contribution in [-0.2, 0) is 13.1 Å². The largest absolute Gasteiger partial charge is 0.496 e. The number of aromatic nitrogens is 2. The lowest BCUT2D eigenvalue weighted by Gasteiger charge is -2.22. The van der Waals surface area contributed by atoms with Gasteiger partial charge in [0.25, 0.3) is 0 Å². The Morgan fingerprint density at radius 1 is 1.38 bits per heavy atom. The Hall–Kier alpha value is -2.50. The summed E-state index contributed by atoms with van der Waals surface area (Å²) in [4.78, 5) is 18.0. The van der Waals surface area contributed by atoms with Crippen LogP contribution in [0.1, 0.15) is 23.6 Å². The van der Waals surface area contributed by atoms with Crippen LogP contribution in [0.25, 0.3) is 0 Å². The van der Waals surface area contributed by atoms with Crippen LogP contribution in [0, 0.1) is 13.8 Å². The number of hydrogen-bond acceptors (Lipinski definition) is 3. The molecular formula is C18H26N4O2. The highest BCUT2D eigenvalue weighted by atomic mass is 16.5. The van der Waals surface area contributed by atoms with Gasteiger partial charge >= 0.3 is 6.03 Å². The molecule has 2 amide bonds. The molecule has 1 aromatic carbocycles. The summed E-state index contributed by atoms with van der Waals surface area (Å²) in [6, 6.07) is 4.05. The lowest BCUT2D eigenvalue weighted by molar-refractivity contribution is 0.202. The molecule has 0 aliphatic carbocycles. The first-order chi connectivity index (χ1) is 11.4. The summed E-state index contributed by atoms with van der Waals surface area (Å²) in [6.45, 7) is 7.26. The smallest absolute Gasteiger partial charge is 0.317 e. The maximum atomic E-state index is 12.3. The SMILES string of the molecule is COc1c(C)cc(CN(C)C(=O)NC(C)Cn2ccnc2)cc1C. The van der Waals surface area contributed by atoms with Gasteiger partial charge in [0.15, 0.2) is 0 Å². The number of carbonyl (C=O) groups excluding carboxylic acids is 1. The number of amides is 2. The van der Waals surface area contributed by atoms with Crippen molar-refractivity contribution in [2.75, 3.05) is 14.2 Å². The Labute approximate surface area is 143 Å². The summed E-state index contributed by atoms with van der Waals surface area (Å²) in [5, 5.41) is 3.00. The minimum absolute atomic E-state index is 0.0217. The number of nitrogens with zero attached hydrogens (tertiary/aromatic N) is 3. The summed E-state index contributed by atoms with van der Waals surface area (Å²) in [5.41, 5.74) is 3.25. The van der Waals surface area contributed by atoms with Gasteiger partial charge in [-0.25, -0.2) is 9.78 Å². The van der Waals surface area contributed by atoms with Crippen LogP contribution in [0.3, 0.4) is 0 Å². The first-order valence-corrected chi connectivity index (χ1v) is 8.02. The van der Waals surface area contributed by atoms with Crippen LogP contribution in [0.15, 0.2) is 30.9 Å². The van der Waals surface area contributed by atoms with Crippen LogP contribution in [0.4, 0.5) is 4.79 Å². The predicted octanol–water partition coefficient (Wildman–Crippen LogP) is 2.74. The molecular weight excluding hydrogens is 304 g/mol. The number of aryl methyl sites for hydroxylation is 2. The van der Waals surface area contributed by atoms with Crippen molar-refractivity contribution in [3.63, 3.8) is 0 Å². The summed E-state index contributed by atoms with van der Waals surface area (Å²) >= 11 is 0. The molecule has 0 fully saturated rings. The molecule has 1 heterocycles. The third kappa shape index (κ3) is 4.50. The van der Waals surface area contributed by atoms with E-state index in [0.717, 1.165) is 22.4 Å². The van der Waals surface area contributed by atoms with E-state index in [-0.39, 0.29) is 12.1 Å². The van der Waals surface area contributed by atoms with Crippen molar-refractivity contribution < 1.29 is 9.53 Å². The normalized spacial score (nSPS) is 11.9. The fourth-order valence-electron chi connectivity index (χ4n) is 2.88. The van der Waals surface area contributed by atoms with Crippen molar-refractivity contribution in [2.24, 2.45) is 0 Å². The third-order valence-electron chi connectivity index (χ3n) is 3.90. The Kier molecular flexibility index (Phi) is 5.84. The number of methoxy groups -OCH3 is 1. The lowest BCUT2D eigenvalue weighted by Crippen LogP contribution is -2.43. The Morgan fingerprint density at radius 2 is 2.04 bits per heavy atom. The highest BCUT2D eigenvalue weighted by Crippen LogP contribution is 2.24. The average molecular weight is 330 g/mol. The second-order valence-electron chi connectivity index (χ2n) is 6.23. The maximum absolute atomic E-state index is 12.3. The van der Waals surface area contributed by atoms with Crippen LogP contribution in [0.5, 0.6) is 5.75 Å². The predicted molar refractivity (Wildman–Crippen MR) is 94.2 cm³/mol. The van der Waals surface area contributed by atoms with Gasteiger partial charge in [0.1, 0.15) is 5.75 Å². The number of benzene rings is 1. The summed E-state index contributed by atoms with van der Waals surface area (Å²) < 4.78 is 7.33. The molecule has 1 N–H and O–H groups in total.